The Balaban J connectivity index is 0.00000261. The maximum absolute atomic E-state index is 14.2. The lowest BCUT2D eigenvalue weighted by molar-refractivity contribution is -0.117. The molecular weight excluding hydrogens is 397 g/mol. The van der Waals surface area contributed by atoms with Gasteiger partial charge in [-0.2, -0.15) is 4.31 Å². The average Bonchev–Trinajstić information content (AvgIpc) is 3.02. The summed E-state index contributed by atoms with van der Waals surface area (Å²) < 4.78 is 45.8. The minimum absolute atomic E-state index is 0. The topological polar surface area (TPSA) is 102 Å². The summed E-state index contributed by atoms with van der Waals surface area (Å²) in [6.07, 6.45) is 3.12. The number of halogens is 2. The van der Waals surface area contributed by atoms with Gasteiger partial charge in [0, 0.05) is 31.2 Å². The number of hydrogen-bond acceptors (Lipinski definition) is 5. The van der Waals surface area contributed by atoms with Gasteiger partial charge in [-0.05, 0) is 37.0 Å². The smallest absolute Gasteiger partial charge is 0.246 e. The SMILES string of the molecule is Cl.N[C@@H]1CCC[C@H]1CC(=O)Nc1ccc(F)c(S(=O)(=O)N2CCOCC2)c1. The van der Waals surface area contributed by atoms with E-state index in [-0.39, 0.29) is 68.7 Å². The van der Waals surface area contributed by atoms with Gasteiger partial charge in [0.2, 0.25) is 15.9 Å². The van der Waals surface area contributed by atoms with Crippen LogP contribution in [0.25, 0.3) is 0 Å². The number of hydrogen-bond donors (Lipinski definition) is 2. The number of nitrogens with one attached hydrogen (secondary N) is 1. The van der Waals surface area contributed by atoms with Gasteiger partial charge in [-0.1, -0.05) is 6.42 Å². The Morgan fingerprint density at radius 1 is 1.30 bits per heavy atom. The van der Waals surface area contributed by atoms with Crippen molar-refractivity contribution in [2.24, 2.45) is 11.7 Å². The summed E-state index contributed by atoms with van der Waals surface area (Å²) in [6, 6.07) is 3.61. The van der Waals surface area contributed by atoms with E-state index in [1.165, 1.54) is 16.4 Å². The van der Waals surface area contributed by atoms with E-state index in [0.29, 0.717) is 0 Å². The molecule has 1 heterocycles. The molecule has 10 heteroatoms. The Labute approximate surface area is 164 Å². The number of carbonyl (C=O) groups is 1. The molecule has 3 N–H and O–H groups in total. The molecule has 1 amide bonds. The Bertz CT molecular complexity index is 771. The zero-order valence-corrected chi connectivity index (χ0v) is 16.5. The molecule has 0 aromatic heterocycles. The average molecular weight is 422 g/mol. The molecule has 1 aromatic carbocycles. The van der Waals surface area contributed by atoms with Crippen LogP contribution in [-0.2, 0) is 19.6 Å². The van der Waals surface area contributed by atoms with Crippen LogP contribution in [0.2, 0.25) is 0 Å². The fourth-order valence-electron chi connectivity index (χ4n) is 3.47. The molecular formula is C17H25ClFN3O4S. The number of morpholine rings is 1. The Morgan fingerprint density at radius 3 is 2.63 bits per heavy atom. The highest BCUT2D eigenvalue weighted by atomic mass is 35.5. The highest BCUT2D eigenvalue weighted by molar-refractivity contribution is 7.89. The van der Waals surface area contributed by atoms with Crippen LogP contribution in [0, 0.1) is 11.7 Å². The van der Waals surface area contributed by atoms with E-state index < -0.39 is 20.7 Å². The van der Waals surface area contributed by atoms with Crippen LogP contribution in [0.5, 0.6) is 0 Å². The molecule has 0 radical (unpaired) electrons. The van der Waals surface area contributed by atoms with E-state index in [2.05, 4.69) is 5.32 Å². The first kappa shape index (κ1) is 22.0. The minimum Gasteiger partial charge on any atom is -0.379 e. The molecule has 152 valence electrons. The molecule has 0 unspecified atom stereocenters. The molecule has 7 nitrogen and oxygen atoms in total. The van der Waals surface area contributed by atoms with E-state index in [4.69, 9.17) is 10.5 Å². The number of rotatable bonds is 5. The van der Waals surface area contributed by atoms with Gasteiger partial charge < -0.3 is 15.8 Å². The molecule has 2 fully saturated rings. The second-order valence-electron chi connectivity index (χ2n) is 6.77. The number of nitrogens with zero attached hydrogens (tertiary/aromatic N) is 1. The molecule has 3 rings (SSSR count). The van der Waals surface area contributed by atoms with Gasteiger partial charge in [-0.15, -0.1) is 12.4 Å². The predicted octanol–water partition coefficient (Wildman–Crippen LogP) is 1.72. The van der Waals surface area contributed by atoms with E-state index in [9.17, 15) is 17.6 Å². The highest BCUT2D eigenvalue weighted by Gasteiger charge is 2.30. The molecule has 1 aliphatic carbocycles. The molecule has 1 aromatic rings. The van der Waals surface area contributed by atoms with Gasteiger partial charge in [-0.3, -0.25) is 4.79 Å². The third-order valence-corrected chi connectivity index (χ3v) is 6.88. The number of sulfonamides is 1. The third-order valence-electron chi connectivity index (χ3n) is 4.97. The summed E-state index contributed by atoms with van der Waals surface area (Å²) in [5.41, 5.74) is 6.24. The number of anilines is 1. The highest BCUT2D eigenvalue weighted by Crippen LogP contribution is 2.28. The zero-order chi connectivity index (χ0) is 18.7. The molecule has 2 atom stereocenters. The Morgan fingerprint density at radius 2 is 2.00 bits per heavy atom. The second kappa shape index (κ2) is 9.29. The number of amides is 1. The summed E-state index contributed by atoms with van der Waals surface area (Å²) in [5, 5.41) is 2.66. The molecule has 1 aliphatic heterocycles. The summed E-state index contributed by atoms with van der Waals surface area (Å²) in [5.74, 6) is -0.951. The number of benzene rings is 1. The summed E-state index contributed by atoms with van der Waals surface area (Å²) in [6.45, 7) is 0.910. The van der Waals surface area contributed by atoms with Gasteiger partial charge in [0.25, 0.3) is 0 Å². The van der Waals surface area contributed by atoms with E-state index in [1.807, 2.05) is 0 Å². The van der Waals surface area contributed by atoms with Crippen LogP contribution in [0.15, 0.2) is 23.1 Å². The van der Waals surface area contributed by atoms with Gasteiger partial charge in [0.1, 0.15) is 10.7 Å². The third kappa shape index (κ3) is 5.17. The first-order chi connectivity index (χ1) is 12.4. The van der Waals surface area contributed by atoms with Gasteiger partial charge in [0.15, 0.2) is 0 Å². The lowest BCUT2D eigenvalue weighted by atomic mass is 10.00. The first-order valence-corrected chi connectivity index (χ1v) is 10.2. The standard InChI is InChI=1S/C17H24FN3O4S.ClH/c18-14-5-4-13(20-17(22)10-12-2-1-3-15(12)19)11-16(14)26(23,24)21-6-8-25-9-7-21;/h4-5,11-12,15H,1-3,6-10,19H2,(H,20,22);1H/t12-,15+;/m0./s1. The van der Waals surface area contributed by atoms with Crippen molar-refractivity contribution < 1.29 is 22.3 Å². The van der Waals surface area contributed by atoms with Crippen LogP contribution in [0.1, 0.15) is 25.7 Å². The lowest BCUT2D eigenvalue weighted by Gasteiger charge is -2.26. The van der Waals surface area contributed by atoms with Gasteiger partial charge in [-0.25, -0.2) is 12.8 Å². The van der Waals surface area contributed by atoms with Crippen LogP contribution in [0.4, 0.5) is 10.1 Å². The van der Waals surface area contributed by atoms with Gasteiger partial charge in [0.05, 0.1) is 13.2 Å². The van der Waals surface area contributed by atoms with Crippen molar-refractivity contribution in [2.75, 3.05) is 31.6 Å². The number of nitrogens with two attached hydrogens (primary N) is 1. The monoisotopic (exact) mass is 421 g/mol. The van der Waals surface area contributed by atoms with Crippen molar-refractivity contribution in [3.8, 4) is 0 Å². The largest absolute Gasteiger partial charge is 0.379 e. The Hall–Kier alpha value is -1.26. The molecule has 2 aliphatic rings. The number of carbonyl (C=O) groups excluding carboxylic acids is 1. The lowest BCUT2D eigenvalue weighted by Crippen LogP contribution is -2.40. The van der Waals surface area contributed by atoms with Crippen LogP contribution >= 0.6 is 12.4 Å². The molecule has 0 spiro atoms. The van der Waals surface area contributed by atoms with Crippen molar-refractivity contribution >= 4 is 34.0 Å². The van der Waals surface area contributed by atoms with E-state index in [0.717, 1.165) is 25.3 Å². The summed E-state index contributed by atoms with van der Waals surface area (Å²) in [4.78, 5) is 11.8. The van der Waals surface area contributed by atoms with E-state index in [1.54, 1.807) is 0 Å². The quantitative estimate of drug-likeness (QED) is 0.753. The zero-order valence-electron chi connectivity index (χ0n) is 14.9. The predicted molar refractivity (Wildman–Crippen MR) is 102 cm³/mol. The fourth-order valence-corrected chi connectivity index (χ4v) is 4.97. The normalized spacial score (nSPS) is 23.6. The van der Waals surface area contributed by atoms with Gasteiger partial charge >= 0.3 is 0 Å². The number of ether oxygens (including phenoxy) is 1. The van der Waals surface area contributed by atoms with Crippen molar-refractivity contribution in [3.05, 3.63) is 24.0 Å². The summed E-state index contributed by atoms with van der Waals surface area (Å²) >= 11 is 0. The molecule has 1 saturated carbocycles. The molecule has 27 heavy (non-hydrogen) atoms. The van der Waals surface area contributed by atoms with Crippen molar-refractivity contribution in [1.29, 1.82) is 0 Å². The van der Waals surface area contributed by atoms with Crippen LogP contribution < -0.4 is 11.1 Å². The maximum atomic E-state index is 14.2. The second-order valence-corrected chi connectivity index (χ2v) is 8.68. The van der Waals surface area contributed by atoms with Crippen molar-refractivity contribution in [1.82, 2.24) is 4.31 Å². The fraction of sp³-hybridized carbons (Fsp3) is 0.588. The molecule has 0 bridgehead atoms. The Kier molecular flexibility index (Phi) is 7.58. The minimum atomic E-state index is -3.98. The van der Waals surface area contributed by atoms with Crippen molar-refractivity contribution in [2.45, 2.75) is 36.6 Å². The maximum Gasteiger partial charge on any atom is 0.246 e. The molecule has 1 saturated heterocycles. The first-order valence-electron chi connectivity index (χ1n) is 8.81. The van der Waals surface area contributed by atoms with Crippen molar-refractivity contribution in [3.63, 3.8) is 0 Å². The van der Waals surface area contributed by atoms with Crippen LogP contribution in [-0.4, -0.2) is 51.0 Å². The van der Waals surface area contributed by atoms with Crippen LogP contribution in [0.3, 0.4) is 0 Å². The summed E-state index contributed by atoms with van der Waals surface area (Å²) in [7, 11) is -3.98. The van der Waals surface area contributed by atoms with E-state index >= 15 is 0 Å².